The van der Waals surface area contributed by atoms with Gasteiger partial charge in [-0.2, -0.15) is 0 Å². The van der Waals surface area contributed by atoms with Crippen molar-refractivity contribution in [3.63, 3.8) is 0 Å². The zero-order valence-electron chi connectivity index (χ0n) is 6.33. The molecule has 1 rings (SSSR count). The molecule has 1 aromatic rings. The largest absolute Gasteiger partial charge is 0.478 e. The Morgan fingerprint density at radius 2 is 2.45 bits per heavy atom. The van der Waals surface area contributed by atoms with Crippen LogP contribution in [0, 0.1) is 0 Å². The second-order valence-corrected chi connectivity index (χ2v) is 3.31. The van der Waals surface area contributed by atoms with Gasteiger partial charge in [0.15, 0.2) is 0 Å². The first-order valence-corrected chi connectivity index (χ1v) is 4.43. The summed E-state index contributed by atoms with van der Waals surface area (Å²) < 4.78 is 0. The highest BCUT2D eigenvalue weighted by molar-refractivity contribution is 7.10. The van der Waals surface area contributed by atoms with Gasteiger partial charge in [0.2, 0.25) is 0 Å². The number of hydrogen-bond donors (Lipinski definition) is 1. The standard InChI is InChI=1S/C8H10O2S/c1-2-3-7-6(8(9)10)4-5-11-7/h4-5H,2-3H2,1H3,(H,9,10). The first-order chi connectivity index (χ1) is 5.25. The number of aryl methyl sites for hydroxylation is 1. The van der Waals surface area contributed by atoms with Gasteiger partial charge < -0.3 is 5.11 Å². The number of thiophene rings is 1. The maximum Gasteiger partial charge on any atom is 0.336 e. The molecule has 0 atom stereocenters. The lowest BCUT2D eigenvalue weighted by Crippen LogP contribution is -1.97. The van der Waals surface area contributed by atoms with E-state index < -0.39 is 5.97 Å². The van der Waals surface area contributed by atoms with Crippen molar-refractivity contribution in [1.29, 1.82) is 0 Å². The van der Waals surface area contributed by atoms with Crippen LogP contribution in [0.15, 0.2) is 11.4 Å². The molecule has 0 spiro atoms. The lowest BCUT2D eigenvalue weighted by molar-refractivity contribution is 0.0696. The Balaban J connectivity index is 2.87. The quantitative estimate of drug-likeness (QED) is 0.756. The molecule has 60 valence electrons. The van der Waals surface area contributed by atoms with E-state index in [-0.39, 0.29) is 0 Å². The average molecular weight is 170 g/mol. The van der Waals surface area contributed by atoms with Gasteiger partial charge in [-0.25, -0.2) is 4.79 Å². The van der Waals surface area contributed by atoms with Gasteiger partial charge in [-0.1, -0.05) is 13.3 Å². The third-order valence-corrected chi connectivity index (χ3v) is 2.43. The summed E-state index contributed by atoms with van der Waals surface area (Å²) >= 11 is 1.52. The molecule has 0 unspecified atom stereocenters. The van der Waals surface area contributed by atoms with Crippen LogP contribution in [0.3, 0.4) is 0 Å². The zero-order valence-corrected chi connectivity index (χ0v) is 7.15. The van der Waals surface area contributed by atoms with Crippen molar-refractivity contribution >= 4 is 17.3 Å². The number of carboxylic acid groups (broad SMARTS) is 1. The lowest BCUT2D eigenvalue weighted by Gasteiger charge is -1.94. The molecule has 0 fully saturated rings. The van der Waals surface area contributed by atoms with E-state index in [2.05, 4.69) is 0 Å². The van der Waals surface area contributed by atoms with E-state index in [0.717, 1.165) is 17.7 Å². The Morgan fingerprint density at radius 1 is 1.73 bits per heavy atom. The first kappa shape index (κ1) is 8.27. The second kappa shape index (κ2) is 3.53. The summed E-state index contributed by atoms with van der Waals surface area (Å²) in [6.07, 6.45) is 1.88. The van der Waals surface area contributed by atoms with Crippen LogP contribution in [0.4, 0.5) is 0 Å². The molecule has 1 heterocycles. The zero-order chi connectivity index (χ0) is 8.27. The summed E-state index contributed by atoms with van der Waals surface area (Å²) in [5.41, 5.74) is 0.469. The summed E-state index contributed by atoms with van der Waals surface area (Å²) in [5.74, 6) is -0.810. The molecule has 1 aromatic heterocycles. The van der Waals surface area contributed by atoms with Crippen molar-refractivity contribution in [1.82, 2.24) is 0 Å². The number of hydrogen-bond acceptors (Lipinski definition) is 2. The van der Waals surface area contributed by atoms with Crippen molar-refractivity contribution in [2.24, 2.45) is 0 Å². The number of rotatable bonds is 3. The van der Waals surface area contributed by atoms with E-state index in [1.54, 1.807) is 6.07 Å². The molecule has 0 radical (unpaired) electrons. The number of aromatic carboxylic acids is 1. The fraction of sp³-hybridized carbons (Fsp3) is 0.375. The van der Waals surface area contributed by atoms with Crippen molar-refractivity contribution in [2.45, 2.75) is 19.8 Å². The van der Waals surface area contributed by atoms with Gasteiger partial charge in [0.25, 0.3) is 0 Å². The highest BCUT2D eigenvalue weighted by Gasteiger charge is 2.09. The normalized spacial score (nSPS) is 9.91. The van der Waals surface area contributed by atoms with Crippen molar-refractivity contribution in [3.05, 3.63) is 21.9 Å². The molecule has 0 aromatic carbocycles. The van der Waals surface area contributed by atoms with E-state index in [9.17, 15) is 4.79 Å². The van der Waals surface area contributed by atoms with E-state index in [1.807, 2.05) is 12.3 Å². The van der Waals surface area contributed by atoms with Crippen LogP contribution in [-0.4, -0.2) is 11.1 Å². The molecule has 1 N–H and O–H groups in total. The Kier molecular flexibility index (Phi) is 2.65. The second-order valence-electron chi connectivity index (χ2n) is 2.31. The maximum atomic E-state index is 10.6. The highest BCUT2D eigenvalue weighted by atomic mass is 32.1. The first-order valence-electron chi connectivity index (χ1n) is 3.55. The SMILES string of the molecule is CCCc1sccc1C(=O)O. The Hall–Kier alpha value is -0.830. The van der Waals surface area contributed by atoms with Gasteiger partial charge in [-0.3, -0.25) is 0 Å². The van der Waals surface area contributed by atoms with Crippen LogP contribution in [0.5, 0.6) is 0 Å². The minimum atomic E-state index is -0.810. The number of carboxylic acids is 1. The van der Waals surface area contributed by atoms with E-state index in [4.69, 9.17) is 5.11 Å². The molecule has 0 aliphatic carbocycles. The summed E-state index contributed by atoms with van der Waals surface area (Å²) in [5, 5.41) is 10.5. The summed E-state index contributed by atoms with van der Waals surface area (Å²) in [6, 6.07) is 1.66. The molecule has 2 nitrogen and oxygen atoms in total. The third kappa shape index (κ3) is 1.80. The number of carbonyl (C=O) groups is 1. The minimum Gasteiger partial charge on any atom is -0.478 e. The molecular formula is C8H10O2S. The Bertz CT molecular complexity index is 252. The van der Waals surface area contributed by atoms with Crippen LogP contribution in [0.25, 0.3) is 0 Å². The fourth-order valence-electron chi connectivity index (χ4n) is 0.952. The van der Waals surface area contributed by atoms with Crippen LogP contribution in [0.2, 0.25) is 0 Å². The predicted octanol–water partition coefficient (Wildman–Crippen LogP) is 2.40. The minimum absolute atomic E-state index is 0.469. The van der Waals surface area contributed by atoms with Crippen LogP contribution in [0.1, 0.15) is 28.6 Å². The topological polar surface area (TPSA) is 37.3 Å². The average Bonchev–Trinajstić information content (AvgIpc) is 2.36. The summed E-state index contributed by atoms with van der Waals surface area (Å²) in [7, 11) is 0. The van der Waals surface area contributed by atoms with Crippen LogP contribution < -0.4 is 0 Å². The van der Waals surface area contributed by atoms with Crippen molar-refractivity contribution < 1.29 is 9.90 Å². The third-order valence-electron chi connectivity index (χ3n) is 1.45. The van der Waals surface area contributed by atoms with Gasteiger partial charge >= 0.3 is 5.97 Å². The van der Waals surface area contributed by atoms with Crippen LogP contribution >= 0.6 is 11.3 Å². The highest BCUT2D eigenvalue weighted by Crippen LogP contribution is 2.18. The molecule has 0 aliphatic rings. The van der Waals surface area contributed by atoms with Gasteiger partial charge in [-0.05, 0) is 17.9 Å². The molecule has 3 heteroatoms. The van der Waals surface area contributed by atoms with E-state index in [1.165, 1.54) is 11.3 Å². The molecule has 0 aliphatic heterocycles. The lowest BCUT2D eigenvalue weighted by atomic mass is 10.2. The van der Waals surface area contributed by atoms with Gasteiger partial charge in [0, 0.05) is 4.88 Å². The Morgan fingerprint density at radius 3 is 3.00 bits per heavy atom. The van der Waals surface area contributed by atoms with Gasteiger partial charge in [-0.15, -0.1) is 11.3 Å². The van der Waals surface area contributed by atoms with Crippen LogP contribution in [-0.2, 0) is 6.42 Å². The fourth-order valence-corrected chi connectivity index (χ4v) is 1.92. The monoisotopic (exact) mass is 170 g/mol. The van der Waals surface area contributed by atoms with Crippen molar-refractivity contribution in [2.75, 3.05) is 0 Å². The smallest absolute Gasteiger partial charge is 0.336 e. The van der Waals surface area contributed by atoms with E-state index in [0.29, 0.717) is 5.56 Å². The van der Waals surface area contributed by atoms with Gasteiger partial charge in [0.05, 0.1) is 5.56 Å². The summed E-state index contributed by atoms with van der Waals surface area (Å²) in [4.78, 5) is 11.6. The predicted molar refractivity (Wildman–Crippen MR) is 45.3 cm³/mol. The molecule has 0 bridgehead atoms. The van der Waals surface area contributed by atoms with E-state index >= 15 is 0 Å². The molecule has 0 saturated carbocycles. The molecular weight excluding hydrogens is 160 g/mol. The Labute approximate surface area is 69.5 Å². The van der Waals surface area contributed by atoms with Gasteiger partial charge in [0.1, 0.15) is 0 Å². The van der Waals surface area contributed by atoms with Crippen molar-refractivity contribution in [3.8, 4) is 0 Å². The summed E-state index contributed by atoms with van der Waals surface area (Å²) in [6.45, 7) is 2.05. The molecule has 0 saturated heterocycles. The maximum absolute atomic E-state index is 10.6. The molecule has 0 amide bonds. The molecule has 11 heavy (non-hydrogen) atoms.